The van der Waals surface area contributed by atoms with Crippen molar-refractivity contribution in [1.82, 2.24) is 4.90 Å². The van der Waals surface area contributed by atoms with E-state index in [1.54, 1.807) is 26.0 Å². The zero-order chi connectivity index (χ0) is 31.1. The number of benzene rings is 3. The molecule has 0 aromatic heterocycles. The molecule has 2 aliphatic heterocycles. The van der Waals surface area contributed by atoms with Crippen LogP contribution >= 0.6 is 0 Å². The number of carboxylic acids is 2. The van der Waals surface area contributed by atoms with Crippen LogP contribution in [0.4, 0.5) is 0 Å². The lowest BCUT2D eigenvalue weighted by Gasteiger charge is -2.36. The Morgan fingerprint density at radius 3 is 1.81 bits per heavy atom. The number of aromatic hydroxyl groups is 2. The number of phenolic OH excluding ortho intramolecular Hbond substituents is 2. The summed E-state index contributed by atoms with van der Waals surface area (Å²) in [6.07, 6.45) is 0. The minimum absolute atomic E-state index is 0.00331. The average Bonchev–Trinajstić information content (AvgIpc) is 3.19. The van der Waals surface area contributed by atoms with Crippen molar-refractivity contribution in [1.29, 1.82) is 0 Å². The Kier molecular flexibility index (Phi) is 7.97. The maximum atomic E-state index is 12.7. The van der Waals surface area contributed by atoms with Gasteiger partial charge >= 0.3 is 17.9 Å². The smallest absolute Gasteiger partial charge is 0.340 e. The van der Waals surface area contributed by atoms with Crippen molar-refractivity contribution in [2.24, 2.45) is 5.41 Å². The second-order valence-corrected chi connectivity index (χ2v) is 11.6. The van der Waals surface area contributed by atoms with Crippen molar-refractivity contribution in [3.63, 3.8) is 0 Å². The molecule has 2 heterocycles. The highest BCUT2D eigenvalue weighted by atomic mass is 16.6. The van der Waals surface area contributed by atoms with Gasteiger partial charge < -0.3 is 29.9 Å². The van der Waals surface area contributed by atoms with E-state index in [2.05, 4.69) is 32.6 Å². The molecule has 0 atom stereocenters. The number of phenols is 2. The van der Waals surface area contributed by atoms with Gasteiger partial charge in [-0.2, -0.15) is 0 Å². The molecule has 10 nitrogen and oxygen atoms in total. The number of fused-ring (bicyclic) bond motifs is 6. The highest BCUT2D eigenvalue weighted by Crippen LogP contribution is 2.57. The SMILES string of the molecule is CC(C)N(CC(C)(C)C(=O)O)C(C)C.O=C(O)c1ccc2c(c1)C1(OC2=O)c2ccc(O)cc2Oc2cc(O)ccc21. The Morgan fingerprint density at radius 1 is 0.833 bits per heavy atom. The topological polar surface area (TPSA) is 154 Å². The van der Waals surface area contributed by atoms with Crippen molar-refractivity contribution in [3.05, 3.63) is 82.4 Å². The number of aliphatic carboxylic acids is 1. The van der Waals surface area contributed by atoms with E-state index in [0.717, 1.165) is 0 Å². The molecular formula is C32H35NO9. The monoisotopic (exact) mass is 577 g/mol. The molecule has 5 rings (SSSR count). The summed E-state index contributed by atoms with van der Waals surface area (Å²) in [5.41, 5.74) is -0.638. The standard InChI is InChI=1S/C21H12O7.C11H23NO2/c22-11-2-5-14-17(8-11)27-18-9-12(23)3-6-15(18)21(14)16-7-10(19(24)25)1-4-13(16)20(26)28-21;1-8(2)12(9(3)4)7-11(5,6)10(13)14/h1-9,22-23H,(H,24,25);8-9H,7H2,1-6H3,(H,13,14). The van der Waals surface area contributed by atoms with Gasteiger partial charge in [-0.05, 0) is 84.0 Å². The molecule has 0 fully saturated rings. The second-order valence-electron chi connectivity index (χ2n) is 11.6. The number of nitrogens with zero attached hydrogens (tertiary/aromatic N) is 1. The molecule has 0 saturated heterocycles. The first kappa shape index (κ1) is 30.4. The highest BCUT2D eigenvalue weighted by Gasteiger charge is 2.54. The lowest BCUT2D eigenvalue weighted by molar-refractivity contribution is -0.148. The normalized spacial score (nSPS) is 14.5. The van der Waals surface area contributed by atoms with E-state index in [9.17, 15) is 29.7 Å². The molecular weight excluding hydrogens is 542 g/mol. The van der Waals surface area contributed by atoms with Gasteiger partial charge in [0.1, 0.15) is 23.0 Å². The number of rotatable bonds is 6. The van der Waals surface area contributed by atoms with Gasteiger partial charge in [0.25, 0.3) is 0 Å². The van der Waals surface area contributed by atoms with Crippen LogP contribution < -0.4 is 4.74 Å². The molecule has 2 aliphatic rings. The van der Waals surface area contributed by atoms with Gasteiger partial charge in [-0.3, -0.25) is 9.69 Å². The van der Waals surface area contributed by atoms with Crippen LogP contribution in [-0.2, 0) is 15.1 Å². The molecule has 0 aliphatic carbocycles. The van der Waals surface area contributed by atoms with E-state index in [-0.39, 0.29) is 34.1 Å². The Balaban J connectivity index is 0.000000247. The minimum atomic E-state index is -1.46. The Bertz CT molecular complexity index is 1500. The minimum Gasteiger partial charge on any atom is -0.508 e. The lowest BCUT2D eigenvalue weighted by atomic mass is 9.77. The Hall–Kier alpha value is -4.57. The third-order valence-corrected chi connectivity index (χ3v) is 7.50. The number of aromatic carboxylic acids is 1. The van der Waals surface area contributed by atoms with Gasteiger partial charge in [-0.1, -0.05) is 0 Å². The summed E-state index contributed by atoms with van der Waals surface area (Å²) < 4.78 is 11.7. The first-order valence-corrected chi connectivity index (χ1v) is 13.5. The van der Waals surface area contributed by atoms with Crippen LogP contribution in [0.5, 0.6) is 23.0 Å². The average molecular weight is 578 g/mol. The summed E-state index contributed by atoms with van der Waals surface area (Å²) in [6, 6.07) is 13.7. The quantitative estimate of drug-likeness (QED) is 0.273. The van der Waals surface area contributed by atoms with Crippen molar-refractivity contribution >= 4 is 17.9 Å². The molecule has 0 unspecified atom stereocenters. The zero-order valence-corrected chi connectivity index (χ0v) is 24.3. The summed E-state index contributed by atoms with van der Waals surface area (Å²) in [7, 11) is 0. The van der Waals surface area contributed by atoms with E-state index < -0.39 is 28.9 Å². The van der Waals surface area contributed by atoms with Gasteiger partial charge in [-0.15, -0.1) is 0 Å². The predicted octanol–water partition coefficient (Wildman–Crippen LogP) is 5.58. The Morgan fingerprint density at radius 2 is 1.36 bits per heavy atom. The second kappa shape index (κ2) is 11.0. The van der Waals surface area contributed by atoms with Crippen molar-refractivity contribution in [3.8, 4) is 23.0 Å². The van der Waals surface area contributed by atoms with Gasteiger partial charge in [0.15, 0.2) is 5.60 Å². The number of carbonyl (C=O) groups is 3. The Labute approximate surface area is 243 Å². The summed E-state index contributed by atoms with van der Waals surface area (Å²) in [6.45, 7) is 12.5. The number of ether oxygens (including phenoxy) is 2. The van der Waals surface area contributed by atoms with Crippen LogP contribution in [0.2, 0.25) is 0 Å². The van der Waals surface area contributed by atoms with Crippen molar-refractivity contribution in [2.45, 2.75) is 59.2 Å². The number of hydrogen-bond donors (Lipinski definition) is 4. The largest absolute Gasteiger partial charge is 0.508 e. The predicted molar refractivity (Wildman–Crippen MR) is 153 cm³/mol. The van der Waals surface area contributed by atoms with Crippen molar-refractivity contribution < 1.29 is 44.3 Å². The fourth-order valence-electron chi connectivity index (χ4n) is 5.32. The highest BCUT2D eigenvalue weighted by molar-refractivity contribution is 5.99. The molecule has 0 bridgehead atoms. The maximum Gasteiger partial charge on any atom is 0.340 e. The van der Waals surface area contributed by atoms with E-state index in [0.29, 0.717) is 35.3 Å². The summed E-state index contributed by atoms with van der Waals surface area (Å²) in [5, 5.41) is 38.2. The third-order valence-electron chi connectivity index (χ3n) is 7.50. The summed E-state index contributed by atoms with van der Waals surface area (Å²) in [5.74, 6) is -2.11. The molecule has 4 N–H and O–H groups in total. The number of carboxylic acid groups (broad SMARTS) is 2. The first-order chi connectivity index (χ1) is 19.6. The third kappa shape index (κ3) is 5.37. The lowest BCUT2D eigenvalue weighted by Crippen LogP contribution is -2.45. The molecule has 0 amide bonds. The first-order valence-electron chi connectivity index (χ1n) is 13.5. The van der Waals surface area contributed by atoms with E-state index in [4.69, 9.17) is 14.6 Å². The molecule has 222 valence electrons. The summed E-state index contributed by atoms with van der Waals surface area (Å²) >= 11 is 0. The van der Waals surface area contributed by atoms with Gasteiger partial charge in [-0.25, -0.2) is 9.59 Å². The molecule has 1 spiro atoms. The van der Waals surface area contributed by atoms with Crippen molar-refractivity contribution in [2.75, 3.05) is 6.54 Å². The van der Waals surface area contributed by atoms with Crippen LogP contribution in [0, 0.1) is 5.41 Å². The van der Waals surface area contributed by atoms with Crippen LogP contribution in [0.3, 0.4) is 0 Å². The van der Waals surface area contributed by atoms with E-state index >= 15 is 0 Å². The van der Waals surface area contributed by atoms with E-state index in [1.165, 1.54) is 42.5 Å². The molecule has 3 aromatic rings. The molecule has 0 radical (unpaired) electrons. The fraction of sp³-hybridized carbons (Fsp3) is 0.344. The molecule has 10 heteroatoms. The van der Waals surface area contributed by atoms with Gasteiger partial charge in [0, 0.05) is 47.5 Å². The number of hydrogen-bond acceptors (Lipinski definition) is 8. The molecule has 0 saturated carbocycles. The van der Waals surface area contributed by atoms with Gasteiger partial charge in [0.05, 0.1) is 16.5 Å². The van der Waals surface area contributed by atoms with Crippen LogP contribution in [0.25, 0.3) is 0 Å². The molecule has 42 heavy (non-hydrogen) atoms. The number of esters is 1. The molecule has 3 aromatic carbocycles. The fourth-order valence-corrected chi connectivity index (χ4v) is 5.32. The van der Waals surface area contributed by atoms with E-state index in [1.807, 2.05) is 0 Å². The van der Waals surface area contributed by atoms with Crippen LogP contribution in [-0.4, -0.2) is 61.9 Å². The van der Waals surface area contributed by atoms with Gasteiger partial charge in [0.2, 0.25) is 0 Å². The zero-order valence-electron chi connectivity index (χ0n) is 24.3. The maximum absolute atomic E-state index is 12.7. The van der Waals surface area contributed by atoms with Crippen LogP contribution in [0.15, 0.2) is 54.6 Å². The number of carbonyl (C=O) groups excluding carboxylic acids is 1. The van der Waals surface area contributed by atoms with Crippen LogP contribution in [0.1, 0.15) is 78.9 Å². The summed E-state index contributed by atoms with van der Waals surface area (Å²) in [4.78, 5) is 37.4.